The number of anilines is 1. The molecule has 1 aliphatic heterocycles. The summed E-state index contributed by atoms with van der Waals surface area (Å²) in [5.74, 6) is 0. The highest BCUT2D eigenvalue weighted by Gasteiger charge is 2.33. The van der Waals surface area contributed by atoms with Crippen LogP contribution in [0, 0.1) is 10.1 Å². The molecular weight excluding hydrogens is 286 g/mol. The van der Waals surface area contributed by atoms with Gasteiger partial charge in [-0.3, -0.25) is 10.1 Å². The molecule has 1 aromatic rings. The Hall–Kier alpha value is -1.71. The molecule has 0 spiro atoms. The molecule has 0 bridgehead atoms. The second-order valence-corrected chi connectivity index (χ2v) is 6.43. The first-order valence-corrected chi connectivity index (χ1v) is 7.37. The van der Waals surface area contributed by atoms with Crippen molar-refractivity contribution >= 4 is 21.4 Å². The van der Waals surface area contributed by atoms with E-state index in [-0.39, 0.29) is 28.9 Å². The van der Waals surface area contributed by atoms with Gasteiger partial charge in [-0.15, -0.1) is 0 Å². The highest BCUT2D eigenvalue weighted by molar-refractivity contribution is 7.89. The van der Waals surface area contributed by atoms with Crippen LogP contribution in [-0.4, -0.2) is 43.9 Å². The number of methoxy groups -OCH3 is 1. The maximum Gasteiger partial charge on any atom is 0.292 e. The van der Waals surface area contributed by atoms with Gasteiger partial charge in [-0.25, -0.2) is 8.42 Å². The van der Waals surface area contributed by atoms with Crippen LogP contribution in [0.5, 0.6) is 0 Å². The minimum Gasteiger partial charge on any atom is -0.393 e. The average molecular weight is 301 g/mol. The first kappa shape index (κ1) is 14.7. The summed E-state index contributed by atoms with van der Waals surface area (Å²) in [4.78, 5) is 9.98. The Labute approximate surface area is 116 Å². The molecule has 1 aliphatic rings. The van der Waals surface area contributed by atoms with E-state index in [2.05, 4.69) is 0 Å². The number of hydrogen-bond acceptors (Lipinski definition) is 6. The summed E-state index contributed by atoms with van der Waals surface area (Å²) in [6.45, 7) is 0.632. The van der Waals surface area contributed by atoms with Crippen LogP contribution in [0.25, 0.3) is 0 Å². The molecule has 1 saturated heterocycles. The molecule has 1 aromatic carbocycles. The zero-order valence-electron chi connectivity index (χ0n) is 10.9. The van der Waals surface area contributed by atoms with Gasteiger partial charge in [0.05, 0.1) is 15.9 Å². The molecule has 1 atom stereocenters. The normalized spacial score (nSPS) is 20.1. The van der Waals surface area contributed by atoms with E-state index in [1.54, 1.807) is 0 Å². The number of nitrogen functional groups attached to an aromatic ring is 1. The molecular formula is C11H15N3O5S. The Bertz CT molecular complexity index is 631. The van der Waals surface area contributed by atoms with Gasteiger partial charge in [0.1, 0.15) is 5.69 Å². The summed E-state index contributed by atoms with van der Waals surface area (Å²) in [5.41, 5.74) is 5.05. The molecule has 1 fully saturated rings. The fourth-order valence-electron chi connectivity index (χ4n) is 2.12. The van der Waals surface area contributed by atoms with Crippen molar-refractivity contribution in [3.63, 3.8) is 0 Å². The van der Waals surface area contributed by atoms with Crippen LogP contribution in [0.4, 0.5) is 11.4 Å². The SMILES string of the molecule is COC1CCN(S(=O)(=O)c2ccc([N+](=O)[O-])c(N)c2)C1. The summed E-state index contributed by atoms with van der Waals surface area (Å²) in [6, 6.07) is 3.42. The molecule has 1 heterocycles. The van der Waals surface area contributed by atoms with E-state index in [1.807, 2.05) is 0 Å². The van der Waals surface area contributed by atoms with Crippen molar-refractivity contribution in [1.29, 1.82) is 0 Å². The molecule has 110 valence electrons. The molecule has 8 nitrogen and oxygen atoms in total. The summed E-state index contributed by atoms with van der Waals surface area (Å²) in [7, 11) is -2.16. The zero-order chi connectivity index (χ0) is 14.9. The third-order valence-electron chi connectivity index (χ3n) is 3.27. The average Bonchev–Trinajstić information content (AvgIpc) is 2.87. The number of nitro groups is 1. The first-order chi connectivity index (χ1) is 9.36. The standard InChI is InChI=1S/C11H15N3O5S/c1-19-8-4-5-13(7-8)20(17,18)9-2-3-11(14(15)16)10(12)6-9/h2-3,6,8H,4-5,7,12H2,1H3. The second-order valence-electron chi connectivity index (χ2n) is 4.49. The van der Waals surface area contributed by atoms with Crippen molar-refractivity contribution in [1.82, 2.24) is 4.31 Å². The van der Waals surface area contributed by atoms with E-state index >= 15 is 0 Å². The third-order valence-corrected chi connectivity index (χ3v) is 5.14. The van der Waals surface area contributed by atoms with E-state index < -0.39 is 14.9 Å². The van der Waals surface area contributed by atoms with Gasteiger partial charge >= 0.3 is 0 Å². The fraction of sp³-hybridized carbons (Fsp3) is 0.455. The Morgan fingerprint density at radius 1 is 1.50 bits per heavy atom. The van der Waals surface area contributed by atoms with Crippen molar-refractivity contribution in [2.75, 3.05) is 25.9 Å². The zero-order valence-corrected chi connectivity index (χ0v) is 11.7. The molecule has 0 saturated carbocycles. The van der Waals surface area contributed by atoms with E-state index in [4.69, 9.17) is 10.5 Å². The molecule has 0 aromatic heterocycles. The second kappa shape index (κ2) is 5.35. The highest BCUT2D eigenvalue weighted by Crippen LogP contribution is 2.28. The number of sulfonamides is 1. The van der Waals surface area contributed by atoms with Gasteiger partial charge in [0.15, 0.2) is 0 Å². The molecule has 2 N–H and O–H groups in total. The monoisotopic (exact) mass is 301 g/mol. The lowest BCUT2D eigenvalue weighted by molar-refractivity contribution is -0.383. The van der Waals surface area contributed by atoms with Gasteiger partial charge in [0.25, 0.3) is 5.69 Å². The number of nitro benzene ring substituents is 1. The largest absolute Gasteiger partial charge is 0.393 e. The molecule has 0 aliphatic carbocycles. The number of rotatable bonds is 4. The molecule has 1 unspecified atom stereocenters. The minimum atomic E-state index is -3.70. The van der Waals surface area contributed by atoms with Crippen molar-refractivity contribution in [2.24, 2.45) is 0 Å². The summed E-state index contributed by atoms with van der Waals surface area (Å²) < 4.78 is 31.2. The van der Waals surface area contributed by atoms with Crippen LogP contribution in [0.15, 0.2) is 23.1 Å². The first-order valence-electron chi connectivity index (χ1n) is 5.93. The van der Waals surface area contributed by atoms with Crippen molar-refractivity contribution in [3.8, 4) is 0 Å². The molecule has 20 heavy (non-hydrogen) atoms. The maximum atomic E-state index is 12.4. The molecule has 0 amide bonds. The van der Waals surface area contributed by atoms with Gasteiger partial charge in [0.2, 0.25) is 10.0 Å². The summed E-state index contributed by atoms with van der Waals surface area (Å²) in [6.07, 6.45) is 0.498. The van der Waals surface area contributed by atoms with Crippen LogP contribution in [0.3, 0.4) is 0 Å². The number of hydrogen-bond donors (Lipinski definition) is 1. The number of benzene rings is 1. The smallest absolute Gasteiger partial charge is 0.292 e. The van der Waals surface area contributed by atoms with Crippen LogP contribution in [0.2, 0.25) is 0 Å². The lowest BCUT2D eigenvalue weighted by atomic mass is 10.3. The van der Waals surface area contributed by atoms with Gasteiger partial charge in [-0.1, -0.05) is 0 Å². The Morgan fingerprint density at radius 3 is 2.70 bits per heavy atom. The van der Waals surface area contributed by atoms with Gasteiger partial charge in [0, 0.05) is 26.3 Å². The molecule has 2 rings (SSSR count). The predicted octanol–water partition coefficient (Wildman–Crippen LogP) is 0.586. The van der Waals surface area contributed by atoms with Crippen LogP contribution >= 0.6 is 0 Å². The van der Waals surface area contributed by atoms with Crippen LogP contribution in [0.1, 0.15) is 6.42 Å². The predicted molar refractivity (Wildman–Crippen MR) is 71.7 cm³/mol. The maximum absolute atomic E-state index is 12.4. The quantitative estimate of drug-likeness (QED) is 0.494. The Kier molecular flexibility index (Phi) is 3.93. The number of nitrogens with zero attached hydrogens (tertiary/aromatic N) is 2. The molecule has 9 heteroatoms. The van der Waals surface area contributed by atoms with E-state index in [1.165, 1.54) is 17.5 Å². The lowest BCUT2D eigenvalue weighted by Gasteiger charge is -2.16. The van der Waals surface area contributed by atoms with Crippen molar-refractivity contribution < 1.29 is 18.1 Å². The van der Waals surface area contributed by atoms with Crippen molar-refractivity contribution in [3.05, 3.63) is 28.3 Å². The van der Waals surface area contributed by atoms with E-state index in [0.717, 1.165) is 12.1 Å². The lowest BCUT2D eigenvalue weighted by Crippen LogP contribution is -2.30. The summed E-state index contributed by atoms with van der Waals surface area (Å²) >= 11 is 0. The molecule has 0 radical (unpaired) electrons. The van der Waals surface area contributed by atoms with Gasteiger partial charge in [-0.05, 0) is 18.6 Å². The Balaban J connectivity index is 2.31. The Morgan fingerprint density at radius 2 is 2.20 bits per heavy atom. The third kappa shape index (κ3) is 2.60. The van der Waals surface area contributed by atoms with Gasteiger partial charge < -0.3 is 10.5 Å². The van der Waals surface area contributed by atoms with E-state index in [0.29, 0.717) is 13.0 Å². The van der Waals surface area contributed by atoms with Crippen molar-refractivity contribution in [2.45, 2.75) is 17.4 Å². The van der Waals surface area contributed by atoms with Crippen LogP contribution in [-0.2, 0) is 14.8 Å². The van der Waals surface area contributed by atoms with E-state index in [9.17, 15) is 18.5 Å². The topological polar surface area (TPSA) is 116 Å². The number of nitrogens with two attached hydrogens (primary N) is 1. The highest BCUT2D eigenvalue weighted by atomic mass is 32.2. The summed E-state index contributed by atoms with van der Waals surface area (Å²) in [5, 5.41) is 10.7. The van der Waals surface area contributed by atoms with Crippen LogP contribution < -0.4 is 5.73 Å². The fourth-order valence-corrected chi connectivity index (χ4v) is 3.64. The minimum absolute atomic E-state index is 0.0441. The van der Waals surface area contributed by atoms with Gasteiger partial charge in [-0.2, -0.15) is 4.31 Å². The number of ether oxygens (including phenoxy) is 1.